The third kappa shape index (κ3) is 4.13. The summed E-state index contributed by atoms with van der Waals surface area (Å²) in [6, 6.07) is 5.17. The number of aliphatic hydroxyl groups excluding tert-OH is 1. The van der Waals surface area contributed by atoms with E-state index in [1.54, 1.807) is 37.1 Å². The largest absolute Gasteiger partial charge is 0.497 e. The summed E-state index contributed by atoms with van der Waals surface area (Å²) in [5.74, 6) is 1.02. The van der Waals surface area contributed by atoms with Crippen molar-refractivity contribution in [3.63, 3.8) is 0 Å². The highest BCUT2D eigenvalue weighted by molar-refractivity contribution is 5.77. The van der Waals surface area contributed by atoms with E-state index < -0.39 is 6.10 Å². The van der Waals surface area contributed by atoms with Crippen LogP contribution in [0.25, 0.3) is 0 Å². The van der Waals surface area contributed by atoms with Gasteiger partial charge in [0.1, 0.15) is 11.5 Å². The fourth-order valence-electron chi connectivity index (χ4n) is 1.92. The Balaban J connectivity index is 2.82. The van der Waals surface area contributed by atoms with Crippen molar-refractivity contribution in [2.75, 3.05) is 26.8 Å². The standard InChI is InChI=1S/C15H23NO4/c1-5-16(6-2)15(18)10-20-14-9-12(19-4)7-8-13(14)11(3)17/h7-9,11,17H,5-6,10H2,1-4H3/t11-/m0/s1. The molecule has 0 unspecified atom stereocenters. The van der Waals surface area contributed by atoms with Crippen LogP contribution in [0.5, 0.6) is 11.5 Å². The lowest BCUT2D eigenvalue weighted by atomic mass is 10.1. The quantitative estimate of drug-likeness (QED) is 0.830. The second-order valence-corrected chi connectivity index (χ2v) is 4.43. The van der Waals surface area contributed by atoms with E-state index in [1.165, 1.54) is 0 Å². The van der Waals surface area contributed by atoms with Gasteiger partial charge in [-0.2, -0.15) is 0 Å². The molecule has 5 nitrogen and oxygen atoms in total. The summed E-state index contributed by atoms with van der Waals surface area (Å²) in [7, 11) is 1.56. The lowest BCUT2D eigenvalue weighted by Gasteiger charge is -2.20. The van der Waals surface area contributed by atoms with Crippen LogP contribution < -0.4 is 9.47 Å². The zero-order valence-corrected chi connectivity index (χ0v) is 12.5. The molecule has 5 heteroatoms. The Labute approximate surface area is 120 Å². The van der Waals surface area contributed by atoms with Crippen molar-refractivity contribution < 1.29 is 19.4 Å². The molecule has 0 heterocycles. The number of hydrogen-bond donors (Lipinski definition) is 1. The van der Waals surface area contributed by atoms with Crippen LogP contribution in [-0.4, -0.2) is 42.7 Å². The Kier molecular flexibility index (Phi) is 6.31. The van der Waals surface area contributed by atoms with Crippen LogP contribution in [0, 0.1) is 0 Å². The number of rotatable bonds is 7. The highest BCUT2D eigenvalue weighted by atomic mass is 16.5. The molecule has 0 bridgehead atoms. The number of methoxy groups -OCH3 is 1. The molecule has 0 aromatic heterocycles. The molecule has 1 amide bonds. The molecule has 1 N–H and O–H groups in total. The van der Waals surface area contributed by atoms with Crippen molar-refractivity contribution in [1.82, 2.24) is 4.90 Å². The predicted molar refractivity (Wildman–Crippen MR) is 77.1 cm³/mol. The first-order valence-corrected chi connectivity index (χ1v) is 6.80. The molecule has 0 fully saturated rings. The molecule has 0 aliphatic heterocycles. The average molecular weight is 281 g/mol. The zero-order valence-electron chi connectivity index (χ0n) is 12.5. The van der Waals surface area contributed by atoms with Crippen molar-refractivity contribution in [2.24, 2.45) is 0 Å². The van der Waals surface area contributed by atoms with Gasteiger partial charge in [-0.05, 0) is 32.9 Å². The third-order valence-electron chi connectivity index (χ3n) is 3.14. The SMILES string of the molecule is CCN(CC)C(=O)COc1cc(OC)ccc1[C@H](C)O. The maximum Gasteiger partial charge on any atom is 0.260 e. The average Bonchev–Trinajstić information content (AvgIpc) is 2.45. The van der Waals surface area contributed by atoms with Crippen LogP contribution in [0.3, 0.4) is 0 Å². The maximum absolute atomic E-state index is 11.9. The summed E-state index contributed by atoms with van der Waals surface area (Å²) in [4.78, 5) is 13.6. The normalized spacial score (nSPS) is 11.8. The van der Waals surface area contributed by atoms with Crippen LogP contribution >= 0.6 is 0 Å². The van der Waals surface area contributed by atoms with E-state index >= 15 is 0 Å². The molecule has 0 saturated carbocycles. The van der Waals surface area contributed by atoms with Gasteiger partial charge in [-0.1, -0.05) is 0 Å². The molecule has 0 aliphatic rings. The number of aliphatic hydroxyl groups is 1. The first-order valence-electron chi connectivity index (χ1n) is 6.80. The molecule has 0 radical (unpaired) electrons. The van der Waals surface area contributed by atoms with Gasteiger partial charge < -0.3 is 19.5 Å². The number of likely N-dealkylation sites (N-methyl/N-ethyl adjacent to an activating group) is 1. The van der Waals surface area contributed by atoms with Crippen LogP contribution in [-0.2, 0) is 4.79 Å². The number of nitrogens with zero attached hydrogens (tertiary/aromatic N) is 1. The molecule has 0 aliphatic carbocycles. The highest BCUT2D eigenvalue weighted by Gasteiger charge is 2.14. The van der Waals surface area contributed by atoms with E-state index in [2.05, 4.69) is 0 Å². The van der Waals surface area contributed by atoms with Crippen LogP contribution in [0.4, 0.5) is 0 Å². The fourth-order valence-corrected chi connectivity index (χ4v) is 1.92. The lowest BCUT2D eigenvalue weighted by molar-refractivity contribution is -0.133. The molecule has 0 spiro atoms. The van der Waals surface area contributed by atoms with Crippen LogP contribution in [0.1, 0.15) is 32.4 Å². The Hall–Kier alpha value is -1.75. The Bertz CT molecular complexity index is 441. The van der Waals surface area contributed by atoms with Gasteiger partial charge in [0.25, 0.3) is 5.91 Å². The molecular weight excluding hydrogens is 258 g/mol. The number of ether oxygens (including phenoxy) is 2. The number of benzene rings is 1. The van der Waals surface area contributed by atoms with Crippen molar-refractivity contribution in [1.29, 1.82) is 0 Å². The van der Waals surface area contributed by atoms with Crippen molar-refractivity contribution in [3.8, 4) is 11.5 Å². The molecule has 1 aromatic rings. The van der Waals surface area contributed by atoms with Crippen LogP contribution in [0.15, 0.2) is 18.2 Å². The summed E-state index contributed by atoms with van der Waals surface area (Å²) in [6.45, 7) is 6.76. The summed E-state index contributed by atoms with van der Waals surface area (Å²) in [5, 5.41) is 9.72. The molecule has 1 aromatic carbocycles. The van der Waals surface area contributed by atoms with Crippen molar-refractivity contribution in [3.05, 3.63) is 23.8 Å². The summed E-state index contributed by atoms with van der Waals surface area (Å²) in [6.07, 6.45) is -0.667. The zero-order chi connectivity index (χ0) is 15.1. The minimum atomic E-state index is -0.667. The molecule has 1 atom stereocenters. The van der Waals surface area contributed by atoms with E-state index in [0.29, 0.717) is 30.2 Å². The van der Waals surface area contributed by atoms with E-state index in [9.17, 15) is 9.90 Å². The minimum Gasteiger partial charge on any atom is -0.497 e. The molecule has 1 rings (SSSR count). The highest BCUT2D eigenvalue weighted by Crippen LogP contribution is 2.29. The number of carbonyl (C=O) groups is 1. The fraction of sp³-hybridized carbons (Fsp3) is 0.533. The van der Waals surface area contributed by atoms with Crippen molar-refractivity contribution in [2.45, 2.75) is 26.9 Å². The Morgan fingerprint density at radius 3 is 2.50 bits per heavy atom. The van der Waals surface area contributed by atoms with Gasteiger partial charge in [0, 0.05) is 24.7 Å². The second-order valence-electron chi connectivity index (χ2n) is 4.43. The second kappa shape index (κ2) is 7.75. The monoisotopic (exact) mass is 281 g/mol. The van der Waals surface area contributed by atoms with Gasteiger partial charge in [0.05, 0.1) is 13.2 Å². The number of amides is 1. The molecule has 20 heavy (non-hydrogen) atoms. The Morgan fingerprint density at radius 1 is 1.35 bits per heavy atom. The summed E-state index contributed by atoms with van der Waals surface area (Å²) >= 11 is 0. The molecule has 112 valence electrons. The van der Waals surface area contributed by atoms with Gasteiger partial charge in [0.2, 0.25) is 0 Å². The lowest BCUT2D eigenvalue weighted by Crippen LogP contribution is -2.34. The van der Waals surface area contributed by atoms with E-state index in [0.717, 1.165) is 0 Å². The molecule has 0 saturated heterocycles. The first kappa shape index (κ1) is 16.3. The minimum absolute atomic E-state index is 0.0471. The van der Waals surface area contributed by atoms with E-state index in [1.807, 2.05) is 13.8 Å². The van der Waals surface area contributed by atoms with Gasteiger partial charge in [-0.15, -0.1) is 0 Å². The third-order valence-corrected chi connectivity index (χ3v) is 3.14. The van der Waals surface area contributed by atoms with Gasteiger partial charge in [-0.25, -0.2) is 0 Å². The van der Waals surface area contributed by atoms with Gasteiger partial charge in [-0.3, -0.25) is 4.79 Å². The smallest absolute Gasteiger partial charge is 0.260 e. The predicted octanol–water partition coefficient (Wildman–Crippen LogP) is 2.00. The van der Waals surface area contributed by atoms with Crippen molar-refractivity contribution >= 4 is 5.91 Å². The Morgan fingerprint density at radius 2 is 2.00 bits per heavy atom. The molecular formula is C15H23NO4. The van der Waals surface area contributed by atoms with Gasteiger partial charge >= 0.3 is 0 Å². The van der Waals surface area contributed by atoms with E-state index in [4.69, 9.17) is 9.47 Å². The van der Waals surface area contributed by atoms with E-state index in [-0.39, 0.29) is 12.5 Å². The number of hydrogen-bond acceptors (Lipinski definition) is 4. The van der Waals surface area contributed by atoms with Crippen LogP contribution in [0.2, 0.25) is 0 Å². The van der Waals surface area contributed by atoms with Gasteiger partial charge in [0.15, 0.2) is 6.61 Å². The maximum atomic E-state index is 11.9. The number of carbonyl (C=O) groups excluding carboxylic acids is 1. The summed E-state index contributed by atoms with van der Waals surface area (Å²) < 4.78 is 10.7. The first-order chi connectivity index (χ1) is 9.53. The topological polar surface area (TPSA) is 59.0 Å². The summed E-state index contributed by atoms with van der Waals surface area (Å²) in [5.41, 5.74) is 0.637.